The molecule has 172 valence electrons. The molecule has 0 radical (unpaired) electrons. The van der Waals surface area contributed by atoms with Crippen molar-refractivity contribution in [3.05, 3.63) is 104 Å². The monoisotopic (exact) mass is 447 g/mol. The Morgan fingerprint density at radius 3 is 2.42 bits per heavy atom. The second-order valence-corrected chi connectivity index (χ2v) is 7.99. The molecule has 3 aromatic rings. The van der Waals surface area contributed by atoms with Gasteiger partial charge in [0.15, 0.2) is 0 Å². The zero-order valence-electron chi connectivity index (χ0n) is 19.4. The topological polar surface area (TPSA) is 73.5 Å². The summed E-state index contributed by atoms with van der Waals surface area (Å²) in [6.07, 6.45) is 4.91. The first-order valence-corrected chi connectivity index (χ1v) is 10.7. The van der Waals surface area contributed by atoms with Gasteiger partial charge in [-0.15, -0.1) is 0 Å². The second-order valence-electron chi connectivity index (χ2n) is 7.99. The first-order chi connectivity index (χ1) is 15.8. The fourth-order valence-electron chi connectivity index (χ4n) is 3.74. The summed E-state index contributed by atoms with van der Waals surface area (Å²) in [5.74, 6) is 0.554. The van der Waals surface area contributed by atoms with Gasteiger partial charge in [-0.05, 0) is 36.6 Å². The van der Waals surface area contributed by atoms with Crippen LogP contribution in [0.3, 0.4) is 0 Å². The van der Waals surface area contributed by atoms with Crippen molar-refractivity contribution in [2.75, 3.05) is 7.11 Å². The molecule has 0 fully saturated rings. The molecule has 0 spiro atoms. The van der Waals surface area contributed by atoms with E-state index in [2.05, 4.69) is 0 Å². The number of para-hydroxylation sites is 1. The highest BCUT2D eigenvalue weighted by molar-refractivity contribution is 5.91. The van der Waals surface area contributed by atoms with Gasteiger partial charge in [-0.1, -0.05) is 48.5 Å². The predicted octanol–water partition coefficient (Wildman–Crippen LogP) is 2.77. The van der Waals surface area contributed by atoms with Crippen LogP contribution in [-0.4, -0.2) is 33.1 Å². The number of methoxy groups -OCH3 is 1. The number of hydrogen-bond acceptors (Lipinski definition) is 4. The standard InChI is InChI=1S/C26H29N3O4/c1-19(16-21-12-8-9-13-23(21)33-4)29(17-20-10-6-5-7-11-20)24(30)15-14-22-18-27(2)26(32)28(3)25(22)31/h5-15,18-19H,16-17H2,1-4H3/b15-14+. The minimum atomic E-state index is -0.446. The Balaban J connectivity index is 1.90. The van der Waals surface area contributed by atoms with Crippen molar-refractivity contribution in [2.45, 2.75) is 25.9 Å². The van der Waals surface area contributed by atoms with Crippen molar-refractivity contribution in [1.82, 2.24) is 14.0 Å². The molecule has 0 saturated heterocycles. The maximum Gasteiger partial charge on any atom is 0.330 e. The van der Waals surface area contributed by atoms with Crippen LogP contribution in [0.5, 0.6) is 5.75 Å². The maximum absolute atomic E-state index is 13.3. The Kier molecular flexibility index (Phi) is 7.66. The van der Waals surface area contributed by atoms with Crippen LogP contribution in [0.2, 0.25) is 0 Å². The summed E-state index contributed by atoms with van der Waals surface area (Å²) >= 11 is 0. The molecule has 33 heavy (non-hydrogen) atoms. The highest BCUT2D eigenvalue weighted by Gasteiger charge is 2.20. The zero-order chi connectivity index (χ0) is 24.0. The van der Waals surface area contributed by atoms with E-state index >= 15 is 0 Å². The molecular weight excluding hydrogens is 418 g/mol. The molecule has 0 N–H and O–H groups in total. The molecule has 0 aliphatic heterocycles. The first kappa shape index (κ1) is 23.8. The summed E-state index contributed by atoms with van der Waals surface area (Å²) in [5.41, 5.74) is 1.42. The largest absolute Gasteiger partial charge is 0.496 e. The average molecular weight is 448 g/mol. The van der Waals surface area contributed by atoms with E-state index < -0.39 is 11.2 Å². The molecule has 1 atom stereocenters. The van der Waals surface area contributed by atoms with E-state index in [0.717, 1.165) is 21.4 Å². The van der Waals surface area contributed by atoms with Crippen molar-refractivity contribution >= 4 is 12.0 Å². The fourth-order valence-corrected chi connectivity index (χ4v) is 3.74. The highest BCUT2D eigenvalue weighted by atomic mass is 16.5. The van der Waals surface area contributed by atoms with E-state index in [1.807, 2.05) is 61.5 Å². The van der Waals surface area contributed by atoms with Crippen molar-refractivity contribution in [3.63, 3.8) is 0 Å². The number of aryl methyl sites for hydroxylation is 1. The van der Waals surface area contributed by atoms with Gasteiger partial charge in [0.2, 0.25) is 5.91 Å². The molecular formula is C26H29N3O4. The normalized spacial score (nSPS) is 12.0. The Hall–Kier alpha value is -3.87. The molecule has 7 heteroatoms. The van der Waals surface area contributed by atoms with E-state index in [1.54, 1.807) is 19.1 Å². The summed E-state index contributed by atoms with van der Waals surface area (Å²) in [6.45, 7) is 2.41. The van der Waals surface area contributed by atoms with Gasteiger partial charge in [-0.25, -0.2) is 4.79 Å². The molecule has 0 saturated carbocycles. The number of ether oxygens (including phenoxy) is 1. The molecule has 0 aliphatic rings. The lowest BCUT2D eigenvalue weighted by atomic mass is 10.0. The number of amides is 1. The third-order valence-corrected chi connectivity index (χ3v) is 5.60. The highest BCUT2D eigenvalue weighted by Crippen LogP contribution is 2.22. The van der Waals surface area contributed by atoms with E-state index in [4.69, 9.17) is 4.74 Å². The van der Waals surface area contributed by atoms with Gasteiger partial charge < -0.3 is 14.2 Å². The molecule has 1 amide bonds. The minimum Gasteiger partial charge on any atom is -0.496 e. The fraction of sp³-hybridized carbons (Fsp3) is 0.269. The summed E-state index contributed by atoms with van der Waals surface area (Å²) in [5, 5.41) is 0. The van der Waals surface area contributed by atoms with E-state index in [0.29, 0.717) is 13.0 Å². The summed E-state index contributed by atoms with van der Waals surface area (Å²) < 4.78 is 7.81. The second kappa shape index (κ2) is 10.6. The maximum atomic E-state index is 13.3. The Morgan fingerprint density at radius 2 is 1.73 bits per heavy atom. The predicted molar refractivity (Wildman–Crippen MR) is 129 cm³/mol. The Bertz CT molecular complexity index is 1260. The van der Waals surface area contributed by atoms with Crippen molar-refractivity contribution < 1.29 is 9.53 Å². The molecule has 1 unspecified atom stereocenters. The average Bonchev–Trinajstić information content (AvgIpc) is 2.83. The molecule has 2 aromatic carbocycles. The van der Waals surface area contributed by atoms with Gasteiger partial charge >= 0.3 is 5.69 Å². The van der Waals surface area contributed by atoms with Crippen LogP contribution >= 0.6 is 0 Å². The molecule has 0 aliphatic carbocycles. The van der Waals surface area contributed by atoms with Gasteiger partial charge in [-0.3, -0.25) is 14.2 Å². The quantitative estimate of drug-likeness (QED) is 0.498. The van der Waals surface area contributed by atoms with Gasteiger partial charge in [0.1, 0.15) is 5.75 Å². The van der Waals surface area contributed by atoms with Crippen LogP contribution in [0.15, 0.2) is 76.5 Å². The number of nitrogens with zero attached hydrogens (tertiary/aromatic N) is 3. The number of aromatic nitrogens is 2. The third kappa shape index (κ3) is 5.68. The molecule has 0 bridgehead atoms. The van der Waals surface area contributed by atoms with E-state index in [9.17, 15) is 14.4 Å². The lowest BCUT2D eigenvalue weighted by molar-refractivity contribution is -0.128. The van der Waals surface area contributed by atoms with Crippen LogP contribution < -0.4 is 16.0 Å². The van der Waals surface area contributed by atoms with Crippen molar-refractivity contribution in [1.29, 1.82) is 0 Å². The van der Waals surface area contributed by atoms with Gasteiger partial charge in [-0.2, -0.15) is 0 Å². The van der Waals surface area contributed by atoms with Crippen LogP contribution in [0.4, 0.5) is 0 Å². The van der Waals surface area contributed by atoms with Crippen LogP contribution in [0.25, 0.3) is 6.08 Å². The molecule has 1 heterocycles. The summed E-state index contributed by atoms with van der Waals surface area (Å²) in [7, 11) is 4.62. The van der Waals surface area contributed by atoms with Crippen LogP contribution in [0, 0.1) is 0 Å². The van der Waals surface area contributed by atoms with Gasteiger partial charge in [0.25, 0.3) is 5.56 Å². The van der Waals surface area contributed by atoms with Crippen molar-refractivity contribution in [2.24, 2.45) is 14.1 Å². The number of carbonyl (C=O) groups is 1. The lowest BCUT2D eigenvalue weighted by Crippen LogP contribution is -2.39. The molecule has 1 aromatic heterocycles. The third-order valence-electron chi connectivity index (χ3n) is 5.60. The number of carbonyl (C=O) groups excluding carboxylic acids is 1. The SMILES string of the molecule is COc1ccccc1CC(C)N(Cc1ccccc1)C(=O)/C=C/c1cn(C)c(=O)n(C)c1=O. The van der Waals surface area contributed by atoms with E-state index in [-0.39, 0.29) is 17.5 Å². The Labute approximate surface area is 193 Å². The van der Waals surface area contributed by atoms with Crippen LogP contribution in [0.1, 0.15) is 23.6 Å². The van der Waals surface area contributed by atoms with Crippen LogP contribution in [-0.2, 0) is 31.9 Å². The number of benzene rings is 2. The minimum absolute atomic E-state index is 0.137. The van der Waals surface area contributed by atoms with Crippen molar-refractivity contribution in [3.8, 4) is 5.75 Å². The van der Waals surface area contributed by atoms with E-state index in [1.165, 1.54) is 30.0 Å². The molecule has 3 rings (SSSR count). The first-order valence-electron chi connectivity index (χ1n) is 10.7. The summed E-state index contributed by atoms with van der Waals surface area (Å²) in [6, 6.07) is 17.4. The number of hydrogen-bond donors (Lipinski definition) is 0. The van der Waals surface area contributed by atoms with Gasteiger partial charge in [0, 0.05) is 39.0 Å². The van der Waals surface area contributed by atoms with Gasteiger partial charge in [0.05, 0.1) is 12.7 Å². The number of rotatable bonds is 8. The smallest absolute Gasteiger partial charge is 0.330 e. The Morgan fingerprint density at radius 1 is 1.06 bits per heavy atom. The zero-order valence-corrected chi connectivity index (χ0v) is 19.4. The lowest BCUT2D eigenvalue weighted by Gasteiger charge is -2.29. The molecule has 7 nitrogen and oxygen atoms in total. The summed E-state index contributed by atoms with van der Waals surface area (Å²) in [4.78, 5) is 39.4.